The summed E-state index contributed by atoms with van der Waals surface area (Å²) >= 11 is 5.87. The predicted molar refractivity (Wildman–Crippen MR) is 71.9 cm³/mol. The number of hydrogen-bond donors (Lipinski definition) is 1. The van der Waals surface area contributed by atoms with E-state index in [1.165, 1.54) is 0 Å². The minimum absolute atomic E-state index is 0.213. The molecule has 0 radical (unpaired) electrons. The molecular formula is C14H17ClN2O. The predicted octanol–water partition coefficient (Wildman–Crippen LogP) is 3.29. The van der Waals surface area contributed by atoms with Crippen LogP contribution in [0.2, 0.25) is 5.02 Å². The van der Waals surface area contributed by atoms with Gasteiger partial charge < -0.3 is 5.32 Å². The lowest BCUT2D eigenvalue weighted by Gasteiger charge is -2.22. The van der Waals surface area contributed by atoms with Crippen molar-refractivity contribution in [2.45, 2.75) is 33.2 Å². The van der Waals surface area contributed by atoms with E-state index >= 15 is 0 Å². The SMILES string of the molecule is CCC(C#N)(CC)C(=O)NCc1cccc(Cl)c1. The van der Waals surface area contributed by atoms with E-state index in [0.717, 1.165) is 5.56 Å². The molecule has 0 saturated heterocycles. The highest BCUT2D eigenvalue weighted by Crippen LogP contribution is 2.25. The quantitative estimate of drug-likeness (QED) is 0.887. The summed E-state index contributed by atoms with van der Waals surface area (Å²) < 4.78 is 0. The van der Waals surface area contributed by atoms with Crippen LogP contribution in [0.25, 0.3) is 0 Å². The molecule has 18 heavy (non-hydrogen) atoms. The Kier molecular flexibility index (Phi) is 5.18. The van der Waals surface area contributed by atoms with E-state index in [9.17, 15) is 4.79 Å². The second-order valence-electron chi connectivity index (χ2n) is 4.21. The number of nitriles is 1. The monoisotopic (exact) mass is 264 g/mol. The molecule has 4 heteroatoms. The van der Waals surface area contributed by atoms with Gasteiger partial charge in [-0.25, -0.2) is 0 Å². The number of halogens is 1. The number of carbonyl (C=O) groups excluding carboxylic acids is 1. The number of amides is 1. The number of nitrogens with one attached hydrogen (secondary N) is 1. The molecule has 1 aromatic rings. The average molecular weight is 265 g/mol. The molecule has 0 saturated carbocycles. The van der Waals surface area contributed by atoms with Gasteiger partial charge in [0.25, 0.3) is 0 Å². The Bertz CT molecular complexity index is 461. The fourth-order valence-corrected chi connectivity index (χ4v) is 1.99. The Labute approximate surface area is 113 Å². The fourth-order valence-electron chi connectivity index (χ4n) is 1.78. The molecule has 0 unspecified atom stereocenters. The van der Waals surface area contributed by atoms with Gasteiger partial charge in [-0.3, -0.25) is 4.79 Å². The molecule has 0 aliphatic carbocycles. The summed E-state index contributed by atoms with van der Waals surface area (Å²) in [5, 5.41) is 12.6. The van der Waals surface area contributed by atoms with Crippen LogP contribution in [0.4, 0.5) is 0 Å². The van der Waals surface area contributed by atoms with Gasteiger partial charge in [-0.15, -0.1) is 0 Å². The van der Waals surface area contributed by atoms with Crippen LogP contribution >= 0.6 is 11.6 Å². The maximum atomic E-state index is 12.0. The maximum Gasteiger partial charge on any atom is 0.240 e. The molecule has 0 aromatic heterocycles. The molecule has 0 aliphatic rings. The number of hydrogen-bond acceptors (Lipinski definition) is 2. The smallest absolute Gasteiger partial charge is 0.240 e. The van der Waals surface area contributed by atoms with Gasteiger partial charge in [0.05, 0.1) is 6.07 Å². The first kappa shape index (κ1) is 14.5. The van der Waals surface area contributed by atoms with Crippen molar-refractivity contribution in [3.05, 3.63) is 34.9 Å². The molecule has 3 nitrogen and oxygen atoms in total. The zero-order chi connectivity index (χ0) is 13.6. The van der Waals surface area contributed by atoms with E-state index in [1.54, 1.807) is 12.1 Å². The highest BCUT2D eigenvalue weighted by molar-refractivity contribution is 6.30. The molecule has 1 aromatic carbocycles. The second-order valence-corrected chi connectivity index (χ2v) is 4.65. The van der Waals surface area contributed by atoms with Crippen LogP contribution in [0.1, 0.15) is 32.3 Å². The average Bonchev–Trinajstić information content (AvgIpc) is 2.39. The Morgan fingerprint density at radius 3 is 2.61 bits per heavy atom. The first-order chi connectivity index (χ1) is 8.57. The Hall–Kier alpha value is -1.53. The van der Waals surface area contributed by atoms with Crippen LogP contribution in [-0.4, -0.2) is 5.91 Å². The van der Waals surface area contributed by atoms with Crippen molar-refractivity contribution in [1.29, 1.82) is 5.26 Å². The van der Waals surface area contributed by atoms with Gasteiger partial charge in [-0.1, -0.05) is 37.6 Å². The number of carbonyl (C=O) groups is 1. The Balaban J connectivity index is 2.69. The first-order valence-electron chi connectivity index (χ1n) is 6.02. The number of nitrogens with zero attached hydrogens (tertiary/aromatic N) is 1. The molecule has 1 rings (SSSR count). The molecule has 0 fully saturated rings. The van der Waals surface area contributed by atoms with Gasteiger partial charge in [0, 0.05) is 11.6 Å². The summed E-state index contributed by atoms with van der Waals surface area (Å²) in [6.45, 7) is 4.10. The van der Waals surface area contributed by atoms with Crippen LogP contribution in [0.15, 0.2) is 24.3 Å². The molecule has 1 N–H and O–H groups in total. The van der Waals surface area contributed by atoms with E-state index in [2.05, 4.69) is 11.4 Å². The lowest BCUT2D eigenvalue weighted by Crippen LogP contribution is -2.39. The van der Waals surface area contributed by atoms with Crippen molar-refractivity contribution >= 4 is 17.5 Å². The summed E-state index contributed by atoms with van der Waals surface area (Å²) in [6, 6.07) is 9.43. The molecule has 0 aliphatic heterocycles. The highest BCUT2D eigenvalue weighted by atomic mass is 35.5. The molecule has 1 amide bonds. The fraction of sp³-hybridized carbons (Fsp3) is 0.429. The van der Waals surface area contributed by atoms with Gasteiger partial charge in [-0.05, 0) is 30.5 Å². The van der Waals surface area contributed by atoms with E-state index in [0.29, 0.717) is 24.4 Å². The van der Waals surface area contributed by atoms with Crippen LogP contribution in [0.3, 0.4) is 0 Å². The summed E-state index contributed by atoms with van der Waals surface area (Å²) in [4.78, 5) is 12.0. The van der Waals surface area contributed by atoms with Gasteiger partial charge in [-0.2, -0.15) is 5.26 Å². The van der Waals surface area contributed by atoms with Crippen molar-refractivity contribution in [2.24, 2.45) is 5.41 Å². The molecule has 96 valence electrons. The maximum absolute atomic E-state index is 12.0. The molecular weight excluding hydrogens is 248 g/mol. The van der Waals surface area contributed by atoms with Crippen molar-refractivity contribution in [2.75, 3.05) is 0 Å². The molecule has 0 bridgehead atoms. The van der Waals surface area contributed by atoms with Crippen molar-refractivity contribution in [3.63, 3.8) is 0 Å². The molecule has 0 spiro atoms. The minimum atomic E-state index is -0.918. The standard InChI is InChI=1S/C14H17ClN2O/c1-3-14(4-2,10-16)13(18)17-9-11-6-5-7-12(15)8-11/h5-8H,3-4,9H2,1-2H3,(H,17,18). The minimum Gasteiger partial charge on any atom is -0.351 e. The highest BCUT2D eigenvalue weighted by Gasteiger charge is 2.34. The van der Waals surface area contributed by atoms with Crippen molar-refractivity contribution in [1.82, 2.24) is 5.32 Å². The normalized spacial score (nSPS) is 10.8. The Morgan fingerprint density at radius 1 is 1.44 bits per heavy atom. The van der Waals surface area contributed by atoms with Gasteiger partial charge in [0.2, 0.25) is 5.91 Å². The third-order valence-electron chi connectivity index (χ3n) is 3.20. The van der Waals surface area contributed by atoms with E-state index < -0.39 is 5.41 Å². The largest absolute Gasteiger partial charge is 0.351 e. The van der Waals surface area contributed by atoms with Crippen LogP contribution in [0, 0.1) is 16.7 Å². The molecule has 0 heterocycles. The van der Waals surface area contributed by atoms with Crippen LogP contribution in [-0.2, 0) is 11.3 Å². The van der Waals surface area contributed by atoms with Gasteiger partial charge in [0.15, 0.2) is 0 Å². The summed E-state index contributed by atoms with van der Waals surface area (Å²) in [7, 11) is 0. The Morgan fingerprint density at radius 2 is 2.11 bits per heavy atom. The number of rotatable bonds is 5. The van der Waals surface area contributed by atoms with Gasteiger partial charge >= 0.3 is 0 Å². The van der Waals surface area contributed by atoms with E-state index in [1.807, 2.05) is 26.0 Å². The summed E-state index contributed by atoms with van der Waals surface area (Å²) in [5.41, 5.74) is 0.00775. The zero-order valence-corrected chi connectivity index (χ0v) is 11.4. The third kappa shape index (κ3) is 3.24. The van der Waals surface area contributed by atoms with E-state index in [-0.39, 0.29) is 5.91 Å². The van der Waals surface area contributed by atoms with Crippen molar-refractivity contribution < 1.29 is 4.79 Å². The summed E-state index contributed by atoms with van der Waals surface area (Å²) in [5.74, 6) is -0.213. The van der Waals surface area contributed by atoms with Gasteiger partial charge in [0.1, 0.15) is 5.41 Å². The van der Waals surface area contributed by atoms with Crippen LogP contribution in [0.5, 0.6) is 0 Å². The third-order valence-corrected chi connectivity index (χ3v) is 3.43. The molecule has 0 atom stereocenters. The van der Waals surface area contributed by atoms with E-state index in [4.69, 9.17) is 16.9 Å². The summed E-state index contributed by atoms with van der Waals surface area (Å²) in [6.07, 6.45) is 1.03. The lowest BCUT2D eigenvalue weighted by molar-refractivity contribution is -0.128. The van der Waals surface area contributed by atoms with Crippen molar-refractivity contribution in [3.8, 4) is 6.07 Å². The number of benzene rings is 1. The first-order valence-corrected chi connectivity index (χ1v) is 6.39. The topological polar surface area (TPSA) is 52.9 Å². The zero-order valence-electron chi connectivity index (χ0n) is 10.7. The lowest BCUT2D eigenvalue weighted by atomic mass is 9.83. The van der Waals surface area contributed by atoms with Crippen LogP contribution < -0.4 is 5.32 Å². The second kappa shape index (κ2) is 6.42.